The lowest BCUT2D eigenvalue weighted by molar-refractivity contribution is -0.119. The Morgan fingerprint density at radius 3 is 2.56 bits per heavy atom. The third-order valence-corrected chi connectivity index (χ3v) is 4.16. The van der Waals surface area contributed by atoms with Gasteiger partial charge in [-0.05, 0) is 32.0 Å². The van der Waals surface area contributed by atoms with Crippen molar-refractivity contribution in [3.05, 3.63) is 27.2 Å². The Balaban J connectivity index is 2.14. The van der Waals surface area contributed by atoms with Crippen LogP contribution in [0.5, 0.6) is 0 Å². The maximum absolute atomic E-state index is 12.1. The summed E-state index contributed by atoms with van der Waals surface area (Å²) < 4.78 is 0. The van der Waals surface area contributed by atoms with Crippen molar-refractivity contribution < 1.29 is 4.79 Å². The second-order valence-electron chi connectivity index (χ2n) is 4.37. The molecule has 0 radical (unpaired) electrons. The van der Waals surface area contributed by atoms with Crippen molar-refractivity contribution in [1.29, 1.82) is 0 Å². The summed E-state index contributed by atoms with van der Waals surface area (Å²) in [7, 11) is 0. The molecule has 1 saturated heterocycles. The third kappa shape index (κ3) is 2.91. The van der Waals surface area contributed by atoms with Crippen LogP contribution in [0.2, 0.25) is 15.1 Å². The van der Waals surface area contributed by atoms with E-state index in [1.807, 2.05) is 6.92 Å². The van der Waals surface area contributed by atoms with Crippen LogP contribution in [-0.4, -0.2) is 18.5 Å². The minimum absolute atomic E-state index is 0.0458. The van der Waals surface area contributed by atoms with Gasteiger partial charge in [0.2, 0.25) is 5.91 Å². The van der Waals surface area contributed by atoms with Crippen LogP contribution in [0, 0.1) is 5.92 Å². The first kappa shape index (κ1) is 13.9. The van der Waals surface area contributed by atoms with Crippen LogP contribution in [0.1, 0.15) is 13.3 Å². The molecule has 2 atom stereocenters. The average molecular weight is 308 g/mol. The van der Waals surface area contributed by atoms with Crippen LogP contribution < -0.4 is 10.6 Å². The number of amides is 1. The highest BCUT2D eigenvalue weighted by atomic mass is 35.5. The maximum atomic E-state index is 12.1. The number of halogens is 3. The van der Waals surface area contributed by atoms with Gasteiger partial charge in [-0.2, -0.15) is 0 Å². The summed E-state index contributed by atoms with van der Waals surface area (Å²) >= 11 is 17.8. The van der Waals surface area contributed by atoms with E-state index in [1.165, 1.54) is 6.07 Å². The summed E-state index contributed by atoms with van der Waals surface area (Å²) in [5.74, 6) is -0.0942. The van der Waals surface area contributed by atoms with Crippen molar-refractivity contribution in [3.63, 3.8) is 0 Å². The molecule has 1 aromatic carbocycles. The third-order valence-electron chi connectivity index (χ3n) is 3.13. The number of carbonyl (C=O) groups excluding carboxylic acids is 1. The average Bonchev–Trinajstić information content (AvgIpc) is 2.72. The molecule has 0 aliphatic carbocycles. The fourth-order valence-electron chi connectivity index (χ4n) is 2.06. The molecule has 18 heavy (non-hydrogen) atoms. The summed E-state index contributed by atoms with van der Waals surface area (Å²) in [6.07, 6.45) is 0.825. The summed E-state index contributed by atoms with van der Waals surface area (Å²) in [5.41, 5.74) is 0.496. The Morgan fingerprint density at radius 1 is 1.28 bits per heavy atom. The van der Waals surface area contributed by atoms with Crippen molar-refractivity contribution in [2.45, 2.75) is 19.4 Å². The fourth-order valence-corrected chi connectivity index (χ4v) is 2.65. The summed E-state index contributed by atoms with van der Waals surface area (Å²) in [4.78, 5) is 12.1. The molecule has 0 aromatic heterocycles. The predicted octanol–water partition coefficient (Wildman–Crippen LogP) is 3.58. The van der Waals surface area contributed by atoms with Gasteiger partial charge in [0, 0.05) is 6.04 Å². The van der Waals surface area contributed by atoms with Gasteiger partial charge in [0.15, 0.2) is 0 Å². The van der Waals surface area contributed by atoms with E-state index in [1.54, 1.807) is 6.07 Å². The molecule has 3 nitrogen and oxygen atoms in total. The van der Waals surface area contributed by atoms with Crippen LogP contribution in [0.25, 0.3) is 0 Å². The van der Waals surface area contributed by atoms with Crippen molar-refractivity contribution >= 4 is 46.4 Å². The first-order valence-electron chi connectivity index (χ1n) is 5.68. The van der Waals surface area contributed by atoms with Gasteiger partial charge >= 0.3 is 0 Å². The number of benzene rings is 1. The summed E-state index contributed by atoms with van der Waals surface area (Å²) in [6.45, 7) is 2.85. The molecule has 1 fully saturated rings. The van der Waals surface area contributed by atoms with Crippen LogP contribution in [-0.2, 0) is 4.79 Å². The zero-order valence-corrected chi connectivity index (χ0v) is 12.0. The predicted molar refractivity (Wildman–Crippen MR) is 75.7 cm³/mol. The van der Waals surface area contributed by atoms with Gasteiger partial charge in [-0.15, -0.1) is 0 Å². The quantitative estimate of drug-likeness (QED) is 0.820. The topological polar surface area (TPSA) is 41.1 Å². The number of hydrogen-bond donors (Lipinski definition) is 2. The second-order valence-corrected chi connectivity index (χ2v) is 5.59. The first-order valence-corrected chi connectivity index (χ1v) is 6.81. The maximum Gasteiger partial charge on any atom is 0.229 e. The van der Waals surface area contributed by atoms with Gasteiger partial charge in [0.1, 0.15) is 0 Å². The van der Waals surface area contributed by atoms with E-state index >= 15 is 0 Å². The standard InChI is InChI=1S/C12H13Cl3N2O/c1-6-7(2-3-16-6)12(18)17-11-5-9(14)8(13)4-10(11)15/h4-7,16H,2-3H2,1H3,(H,17,18). The number of carbonyl (C=O) groups is 1. The van der Waals surface area contributed by atoms with E-state index in [4.69, 9.17) is 34.8 Å². The monoisotopic (exact) mass is 306 g/mol. The Kier molecular flexibility index (Phi) is 4.38. The molecule has 1 aromatic rings. The smallest absolute Gasteiger partial charge is 0.229 e. The highest BCUT2D eigenvalue weighted by molar-refractivity contribution is 6.44. The summed E-state index contributed by atoms with van der Waals surface area (Å²) in [6, 6.07) is 3.26. The van der Waals surface area contributed by atoms with E-state index in [-0.39, 0.29) is 17.9 Å². The highest BCUT2D eigenvalue weighted by Gasteiger charge is 2.29. The number of anilines is 1. The van der Waals surface area contributed by atoms with Gasteiger partial charge < -0.3 is 10.6 Å². The van der Waals surface area contributed by atoms with Crippen molar-refractivity contribution in [1.82, 2.24) is 5.32 Å². The largest absolute Gasteiger partial charge is 0.324 e. The zero-order valence-electron chi connectivity index (χ0n) is 9.77. The van der Waals surface area contributed by atoms with Crippen LogP contribution in [0.3, 0.4) is 0 Å². The fraction of sp³-hybridized carbons (Fsp3) is 0.417. The molecular formula is C12H13Cl3N2O. The molecule has 0 bridgehead atoms. The molecule has 1 heterocycles. The van der Waals surface area contributed by atoms with Gasteiger partial charge in [-0.3, -0.25) is 4.79 Å². The number of hydrogen-bond acceptors (Lipinski definition) is 2. The van der Waals surface area contributed by atoms with Crippen molar-refractivity contribution in [2.75, 3.05) is 11.9 Å². The molecule has 2 rings (SSSR count). The van der Waals surface area contributed by atoms with Crippen molar-refractivity contribution in [2.24, 2.45) is 5.92 Å². The molecule has 6 heteroatoms. The van der Waals surface area contributed by atoms with Crippen LogP contribution in [0.4, 0.5) is 5.69 Å². The molecule has 0 saturated carbocycles. The Hall–Kier alpha value is -0.480. The molecule has 1 aliphatic heterocycles. The summed E-state index contributed by atoms with van der Waals surface area (Å²) in [5, 5.41) is 7.15. The van der Waals surface area contributed by atoms with Gasteiger partial charge in [0.25, 0.3) is 0 Å². The molecule has 2 unspecified atom stereocenters. The molecule has 2 N–H and O–H groups in total. The van der Waals surface area contributed by atoms with Gasteiger partial charge in [0.05, 0.1) is 26.7 Å². The first-order chi connectivity index (χ1) is 8.49. The minimum atomic E-state index is -0.0483. The van der Waals surface area contributed by atoms with E-state index in [9.17, 15) is 4.79 Å². The van der Waals surface area contributed by atoms with E-state index < -0.39 is 0 Å². The Bertz CT molecular complexity index is 479. The SMILES string of the molecule is CC1NCCC1C(=O)Nc1cc(Cl)c(Cl)cc1Cl. The zero-order chi connectivity index (χ0) is 13.3. The van der Waals surface area contributed by atoms with Crippen molar-refractivity contribution in [3.8, 4) is 0 Å². The lowest BCUT2D eigenvalue weighted by Gasteiger charge is -2.16. The van der Waals surface area contributed by atoms with E-state index in [0.717, 1.165) is 13.0 Å². The highest BCUT2D eigenvalue weighted by Crippen LogP contribution is 2.32. The van der Waals surface area contributed by atoms with Crippen LogP contribution in [0.15, 0.2) is 12.1 Å². The number of nitrogens with one attached hydrogen (secondary N) is 2. The van der Waals surface area contributed by atoms with E-state index in [2.05, 4.69) is 10.6 Å². The van der Waals surface area contributed by atoms with E-state index in [0.29, 0.717) is 20.8 Å². The van der Waals surface area contributed by atoms with Gasteiger partial charge in [-0.1, -0.05) is 34.8 Å². The van der Waals surface area contributed by atoms with Gasteiger partial charge in [-0.25, -0.2) is 0 Å². The lowest BCUT2D eigenvalue weighted by atomic mass is 10.0. The molecule has 0 spiro atoms. The van der Waals surface area contributed by atoms with Crippen LogP contribution >= 0.6 is 34.8 Å². The Labute approximate surface area is 121 Å². The Morgan fingerprint density at radius 2 is 1.94 bits per heavy atom. The molecule has 1 amide bonds. The second kappa shape index (κ2) is 5.66. The lowest BCUT2D eigenvalue weighted by Crippen LogP contribution is -2.32. The molecule has 98 valence electrons. The normalized spacial score (nSPS) is 23.1. The molecular weight excluding hydrogens is 295 g/mol. The minimum Gasteiger partial charge on any atom is -0.324 e. The molecule has 1 aliphatic rings. The number of rotatable bonds is 2.